The molecule has 1 atom stereocenters. The van der Waals surface area contributed by atoms with Gasteiger partial charge in [0.05, 0.1) is 0 Å². The molecular weight excluding hydrogens is 208 g/mol. The molecule has 0 aromatic carbocycles. The van der Waals surface area contributed by atoms with Crippen molar-refractivity contribution in [2.24, 2.45) is 0 Å². The average molecular weight is 228 g/mol. The Labute approximate surface area is 95.9 Å². The van der Waals surface area contributed by atoms with Crippen LogP contribution >= 0.6 is 11.8 Å². The van der Waals surface area contributed by atoms with Gasteiger partial charge in [0.1, 0.15) is 11.9 Å². The maximum absolute atomic E-state index is 9.95. The predicted molar refractivity (Wildman–Crippen MR) is 65.1 cm³/mol. The number of aliphatic hydroxyl groups excluding tert-OH is 1. The molecule has 0 saturated carbocycles. The van der Waals surface area contributed by atoms with Crippen molar-refractivity contribution in [3.8, 4) is 0 Å². The van der Waals surface area contributed by atoms with Crippen LogP contribution < -0.4 is 0 Å². The van der Waals surface area contributed by atoms with E-state index in [9.17, 15) is 5.11 Å². The molecule has 0 aliphatic carbocycles. The van der Waals surface area contributed by atoms with Gasteiger partial charge >= 0.3 is 0 Å². The largest absolute Gasteiger partial charge is 0.385 e. The van der Waals surface area contributed by atoms with Gasteiger partial charge in [-0.3, -0.25) is 0 Å². The predicted octanol–water partition coefficient (Wildman–Crippen LogP) is 2.47. The fraction of sp³-hybridized carbons (Fsp3) is 0.727. The fourth-order valence-electron chi connectivity index (χ4n) is 1.60. The van der Waals surface area contributed by atoms with Crippen LogP contribution in [0.2, 0.25) is 0 Å². The van der Waals surface area contributed by atoms with Crippen LogP contribution in [0.25, 0.3) is 0 Å². The van der Waals surface area contributed by atoms with Crippen LogP contribution in [0.1, 0.15) is 38.1 Å². The lowest BCUT2D eigenvalue weighted by Crippen LogP contribution is -2.08. The van der Waals surface area contributed by atoms with Crippen molar-refractivity contribution in [3.05, 3.63) is 18.2 Å². The van der Waals surface area contributed by atoms with Gasteiger partial charge in [-0.2, -0.15) is 11.8 Å². The molecule has 86 valence electrons. The third-order valence-corrected chi connectivity index (χ3v) is 3.03. The Morgan fingerprint density at radius 1 is 1.60 bits per heavy atom. The smallest absolute Gasteiger partial charge is 0.137 e. The van der Waals surface area contributed by atoms with Gasteiger partial charge in [0.15, 0.2) is 0 Å². The number of hydrogen-bond donors (Lipinski definition) is 1. The van der Waals surface area contributed by atoms with E-state index in [1.165, 1.54) is 0 Å². The van der Waals surface area contributed by atoms with Crippen molar-refractivity contribution in [1.29, 1.82) is 0 Å². The van der Waals surface area contributed by atoms with E-state index in [-0.39, 0.29) is 0 Å². The number of thioether (sulfide) groups is 1. The zero-order chi connectivity index (χ0) is 11.1. The minimum atomic E-state index is -0.404. The highest BCUT2D eigenvalue weighted by atomic mass is 32.2. The molecule has 15 heavy (non-hydrogen) atoms. The topological polar surface area (TPSA) is 38.0 Å². The summed E-state index contributed by atoms with van der Waals surface area (Å²) in [5.41, 5.74) is 0. The summed E-state index contributed by atoms with van der Waals surface area (Å²) in [6.45, 7) is 3.07. The van der Waals surface area contributed by atoms with Crippen LogP contribution in [-0.2, 0) is 6.54 Å². The standard InChI is InChI=1S/C11H20N2OS/c1-3-7-13-8-6-12-11(13)10(14)5-4-9-15-2/h6,8,10,14H,3-5,7,9H2,1-2H3. The summed E-state index contributed by atoms with van der Waals surface area (Å²) in [6.07, 6.45) is 8.31. The van der Waals surface area contributed by atoms with Crippen LogP contribution in [0.5, 0.6) is 0 Å². The molecule has 0 radical (unpaired) electrons. The number of imidazole rings is 1. The molecular formula is C11H20N2OS. The molecule has 1 unspecified atom stereocenters. The van der Waals surface area contributed by atoms with E-state index in [1.54, 1.807) is 6.20 Å². The molecule has 3 nitrogen and oxygen atoms in total. The molecule has 0 fully saturated rings. The summed E-state index contributed by atoms with van der Waals surface area (Å²) in [5.74, 6) is 1.92. The third kappa shape index (κ3) is 3.87. The molecule has 0 amide bonds. The Morgan fingerprint density at radius 3 is 3.07 bits per heavy atom. The van der Waals surface area contributed by atoms with Crippen LogP contribution in [0.3, 0.4) is 0 Å². The lowest BCUT2D eigenvalue weighted by molar-refractivity contribution is 0.152. The summed E-state index contributed by atoms with van der Waals surface area (Å²) >= 11 is 1.82. The highest BCUT2D eigenvalue weighted by molar-refractivity contribution is 7.98. The van der Waals surface area contributed by atoms with Gasteiger partial charge in [-0.05, 0) is 31.3 Å². The van der Waals surface area contributed by atoms with Gasteiger partial charge < -0.3 is 9.67 Å². The van der Waals surface area contributed by atoms with E-state index in [4.69, 9.17) is 0 Å². The maximum Gasteiger partial charge on any atom is 0.137 e. The summed E-state index contributed by atoms with van der Waals surface area (Å²) in [6, 6.07) is 0. The Balaban J connectivity index is 2.48. The summed E-state index contributed by atoms with van der Waals surface area (Å²) in [5, 5.41) is 9.95. The summed E-state index contributed by atoms with van der Waals surface area (Å²) in [4.78, 5) is 4.22. The Morgan fingerprint density at radius 2 is 2.40 bits per heavy atom. The van der Waals surface area contributed by atoms with Gasteiger partial charge in [0.25, 0.3) is 0 Å². The second-order valence-corrected chi connectivity index (χ2v) is 4.62. The Kier molecular flexibility index (Phi) is 5.79. The number of rotatable bonds is 7. The number of hydrogen-bond acceptors (Lipinski definition) is 3. The first kappa shape index (κ1) is 12.6. The number of aromatic nitrogens is 2. The summed E-state index contributed by atoms with van der Waals surface area (Å²) < 4.78 is 2.05. The minimum Gasteiger partial charge on any atom is -0.385 e. The van der Waals surface area contributed by atoms with E-state index in [0.29, 0.717) is 0 Å². The highest BCUT2D eigenvalue weighted by Gasteiger charge is 2.12. The first-order valence-electron chi connectivity index (χ1n) is 5.47. The van der Waals surface area contributed by atoms with Gasteiger partial charge in [-0.15, -0.1) is 0 Å². The minimum absolute atomic E-state index is 0.404. The summed E-state index contributed by atoms with van der Waals surface area (Å²) in [7, 11) is 0. The van der Waals surface area contributed by atoms with Crippen molar-refractivity contribution < 1.29 is 5.11 Å². The van der Waals surface area contributed by atoms with Crippen LogP contribution in [0, 0.1) is 0 Å². The number of aryl methyl sites for hydroxylation is 1. The number of nitrogens with zero attached hydrogens (tertiary/aromatic N) is 2. The normalized spacial score (nSPS) is 13.0. The first-order valence-corrected chi connectivity index (χ1v) is 6.87. The molecule has 0 spiro atoms. The molecule has 1 heterocycles. The van der Waals surface area contributed by atoms with Gasteiger partial charge in [-0.1, -0.05) is 6.92 Å². The van der Waals surface area contributed by atoms with Crippen LogP contribution in [-0.4, -0.2) is 26.7 Å². The SMILES string of the molecule is CCCn1ccnc1C(O)CCCSC. The zero-order valence-electron chi connectivity index (χ0n) is 9.52. The van der Waals surface area contributed by atoms with Crippen molar-refractivity contribution in [1.82, 2.24) is 9.55 Å². The van der Waals surface area contributed by atoms with E-state index in [0.717, 1.165) is 37.4 Å². The van der Waals surface area contributed by atoms with Gasteiger partial charge in [0.2, 0.25) is 0 Å². The molecule has 1 aromatic rings. The Bertz CT molecular complexity index is 275. The average Bonchev–Trinajstić information content (AvgIpc) is 2.67. The molecule has 1 rings (SSSR count). The molecule has 4 heteroatoms. The van der Waals surface area contributed by atoms with Crippen molar-refractivity contribution in [3.63, 3.8) is 0 Å². The third-order valence-electron chi connectivity index (χ3n) is 2.34. The lowest BCUT2D eigenvalue weighted by Gasteiger charge is -2.12. The quantitative estimate of drug-likeness (QED) is 0.729. The maximum atomic E-state index is 9.95. The van der Waals surface area contributed by atoms with Crippen molar-refractivity contribution in [2.75, 3.05) is 12.0 Å². The molecule has 0 saturated heterocycles. The van der Waals surface area contributed by atoms with Crippen molar-refractivity contribution in [2.45, 2.75) is 38.8 Å². The first-order chi connectivity index (χ1) is 7.29. The molecule has 0 aliphatic rings. The second kappa shape index (κ2) is 6.90. The molecule has 1 N–H and O–H groups in total. The van der Waals surface area contributed by atoms with Gasteiger partial charge in [-0.25, -0.2) is 4.98 Å². The molecule has 0 aliphatic heterocycles. The van der Waals surface area contributed by atoms with Crippen LogP contribution in [0.4, 0.5) is 0 Å². The monoisotopic (exact) mass is 228 g/mol. The lowest BCUT2D eigenvalue weighted by atomic mass is 10.2. The Hall–Kier alpha value is -0.480. The molecule has 1 aromatic heterocycles. The molecule has 0 bridgehead atoms. The fourth-order valence-corrected chi connectivity index (χ4v) is 2.05. The van der Waals surface area contributed by atoms with E-state index >= 15 is 0 Å². The van der Waals surface area contributed by atoms with Crippen LogP contribution in [0.15, 0.2) is 12.4 Å². The van der Waals surface area contributed by atoms with E-state index in [1.807, 2.05) is 22.5 Å². The zero-order valence-corrected chi connectivity index (χ0v) is 10.3. The highest BCUT2D eigenvalue weighted by Crippen LogP contribution is 2.17. The second-order valence-electron chi connectivity index (χ2n) is 3.63. The van der Waals surface area contributed by atoms with Gasteiger partial charge in [0, 0.05) is 18.9 Å². The van der Waals surface area contributed by atoms with E-state index < -0.39 is 6.10 Å². The van der Waals surface area contributed by atoms with E-state index in [2.05, 4.69) is 18.2 Å². The van der Waals surface area contributed by atoms with Crippen molar-refractivity contribution >= 4 is 11.8 Å². The number of aliphatic hydroxyl groups is 1.